The lowest BCUT2D eigenvalue weighted by atomic mass is 9.33. The molecule has 99 heavy (non-hydrogen) atoms. The molecule has 16 rings (SSSR count). The molecule has 2 aliphatic rings. The minimum absolute atomic E-state index is 0.137. The molecule has 13 aromatic carbocycles. The zero-order chi connectivity index (χ0) is 68.3. The molecule has 1 aromatic heterocycles. The molecule has 0 atom stereocenters. The molecule has 3 heterocycles. The van der Waals surface area contributed by atoms with E-state index in [2.05, 4.69) is 378 Å². The van der Waals surface area contributed by atoms with Gasteiger partial charge >= 0.3 is 0 Å². The maximum Gasteiger partial charge on any atom is 0.252 e. The van der Waals surface area contributed by atoms with Crippen LogP contribution in [0.3, 0.4) is 0 Å². The van der Waals surface area contributed by atoms with Crippen LogP contribution in [0.25, 0.3) is 100.0 Å². The number of aromatic nitrogens is 2. The summed E-state index contributed by atoms with van der Waals surface area (Å²) in [7, 11) is 0. The molecule has 5 heteroatoms. The van der Waals surface area contributed by atoms with Crippen LogP contribution in [0.4, 0.5) is 34.1 Å². The molecule has 2 aliphatic heterocycles. The summed E-state index contributed by atoms with van der Waals surface area (Å²) < 4.78 is 0. The smallest absolute Gasteiger partial charge is 0.252 e. The third kappa shape index (κ3) is 11.8. The fourth-order valence-corrected chi connectivity index (χ4v) is 14.9. The van der Waals surface area contributed by atoms with E-state index >= 15 is 0 Å². The van der Waals surface area contributed by atoms with Crippen LogP contribution >= 0.6 is 0 Å². The van der Waals surface area contributed by atoms with Crippen molar-refractivity contribution in [1.82, 2.24) is 9.97 Å². The van der Waals surface area contributed by atoms with Gasteiger partial charge in [-0.1, -0.05) is 277 Å². The minimum atomic E-state index is -0.206. The topological polar surface area (TPSA) is 32.3 Å². The highest BCUT2D eigenvalue weighted by molar-refractivity contribution is 7.00. The van der Waals surface area contributed by atoms with E-state index in [0.29, 0.717) is 5.82 Å². The van der Waals surface area contributed by atoms with Gasteiger partial charge in [-0.2, -0.15) is 0 Å². The number of hydrogen-bond donors (Lipinski definition) is 0. The number of fused-ring (bicyclic) bond motifs is 6. The lowest BCUT2D eigenvalue weighted by Crippen LogP contribution is -2.61. The third-order valence-corrected chi connectivity index (χ3v) is 20.5. The molecule has 0 saturated carbocycles. The molecule has 0 bridgehead atoms. The van der Waals surface area contributed by atoms with Crippen LogP contribution in [0.2, 0.25) is 0 Å². The Morgan fingerprint density at radius 3 is 0.838 bits per heavy atom. The summed E-state index contributed by atoms with van der Waals surface area (Å²) in [5.74, 6) is 0.648. The standard InChI is InChI=1S/C94H83BN4/c1-91(2,3)75-43-72(44-76(57-75)92(4,5)6)83-59-84(73-45-77(93(7,8)9)58-78(46-73)94(10,11)12)97-90(96-83)74-55-87-89-88(56-74)99(80-49-70(62-33-21-15-22-34-62)42-71(50-80)63-35-23-16-24-36-63)86-54-67-40-28-26-38-65(67)52-82(86)95(89)81-51-64-37-25-27-39-66(64)53-85(81)98(87)79-47-68(60-29-17-13-18-30-60)41-69(48-79)61-31-19-14-20-32-61/h13-59H,1-12H3. The third-order valence-electron chi connectivity index (χ3n) is 20.5. The van der Waals surface area contributed by atoms with Crippen molar-refractivity contribution in [1.29, 1.82) is 0 Å². The molecule has 0 radical (unpaired) electrons. The van der Waals surface area contributed by atoms with Crippen molar-refractivity contribution >= 4 is 78.8 Å². The van der Waals surface area contributed by atoms with Crippen molar-refractivity contribution in [2.24, 2.45) is 0 Å². The van der Waals surface area contributed by atoms with Crippen LogP contribution in [-0.2, 0) is 21.7 Å². The van der Waals surface area contributed by atoms with Crippen LogP contribution < -0.4 is 26.2 Å². The van der Waals surface area contributed by atoms with E-state index in [9.17, 15) is 0 Å². The normalized spacial score (nSPS) is 13.0. The highest BCUT2D eigenvalue weighted by atomic mass is 15.2. The number of hydrogen-bond acceptors (Lipinski definition) is 4. The Hall–Kier alpha value is -10.9. The predicted molar refractivity (Wildman–Crippen MR) is 424 cm³/mol. The predicted octanol–water partition coefficient (Wildman–Crippen LogP) is 23.7. The first-order valence-electron chi connectivity index (χ1n) is 35.1. The van der Waals surface area contributed by atoms with Crippen LogP contribution in [0.15, 0.2) is 285 Å². The lowest BCUT2D eigenvalue weighted by Gasteiger charge is -2.45. The molecule has 0 spiro atoms. The Morgan fingerprint density at radius 1 is 0.242 bits per heavy atom. The van der Waals surface area contributed by atoms with Gasteiger partial charge in [-0.05, 0) is 217 Å². The highest BCUT2D eigenvalue weighted by Crippen LogP contribution is 2.50. The summed E-state index contributed by atoms with van der Waals surface area (Å²) in [6.45, 7) is 27.7. The lowest BCUT2D eigenvalue weighted by molar-refractivity contribution is 0.568. The van der Waals surface area contributed by atoms with Crippen LogP contribution in [-0.4, -0.2) is 16.7 Å². The maximum atomic E-state index is 5.98. The summed E-state index contributed by atoms with van der Waals surface area (Å²) in [4.78, 5) is 17.1. The molecule has 14 aromatic rings. The van der Waals surface area contributed by atoms with Crippen LogP contribution in [0, 0.1) is 0 Å². The maximum absolute atomic E-state index is 5.98. The van der Waals surface area contributed by atoms with Gasteiger partial charge in [-0.25, -0.2) is 9.97 Å². The van der Waals surface area contributed by atoms with Crippen LogP contribution in [0.5, 0.6) is 0 Å². The van der Waals surface area contributed by atoms with E-state index in [1.54, 1.807) is 0 Å². The summed E-state index contributed by atoms with van der Waals surface area (Å²) >= 11 is 0. The van der Waals surface area contributed by atoms with Gasteiger partial charge < -0.3 is 9.80 Å². The molecule has 0 fully saturated rings. The van der Waals surface area contributed by atoms with E-state index in [0.717, 1.165) is 107 Å². The first-order valence-corrected chi connectivity index (χ1v) is 35.1. The fraction of sp³-hybridized carbons (Fsp3) is 0.170. The monoisotopic (exact) mass is 1280 g/mol. The van der Waals surface area contributed by atoms with Gasteiger partial charge in [-0.15, -0.1) is 0 Å². The van der Waals surface area contributed by atoms with Gasteiger partial charge in [0.25, 0.3) is 6.71 Å². The molecule has 4 nitrogen and oxygen atoms in total. The second-order valence-corrected chi connectivity index (χ2v) is 31.6. The largest absolute Gasteiger partial charge is 0.311 e. The molecule has 0 unspecified atom stereocenters. The first kappa shape index (κ1) is 62.9. The van der Waals surface area contributed by atoms with Gasteiger partial charge in [0.15, 0.2) is 5.82 Å². The molecular formula is C94H83BN4. The molecule has 0 N–H and O–H groups in total. The van der Waals surface area contributed by atoms with E-state index in [-0.39, 0.29) is 28.4 Å². The Balaban J connectivity index is 1.08. The average Bonchev–Trinajstić information content (AvgIpc) is 0.689. The minimum Gasteiger partial charge on any atom is -0.311 e. The first-order chi connectivity index (χ1) is 47.5. The van der Waals surface area contributed by atoms with E-state index < -0.39 is 0 Å². The van der Waals surface area contributed by atoms with Gasteiger partial charge in [0.2, 0.25) is 0 Å². The van der Waals surface area contributed by atoms with Gasteiger partial charge in [-0.3, -0.25) is 0 Å². The fourth-order valence-electron chi connectivity index (χ4n) is 14.9. The number of nitrogens with zero attached hydrogens (tertiary/aromatic N) is 4. The summed E-state index contributed by atoms with van der Waals surface area (Å²) in [5.41, 5.74) is 28.6. The molecule has 0 amide bonds. The Morgan fingerprint density at radius 2 is 0.535 bits per heavy atom. The van der Waals surface area contributed by atoms with Crippen molar-refractivity contribution in [3.8, 4) is 78.4 Å². The van der Waals surface area contributed by atoms with Crippen LogP contribution in [0.1, 0.15) is 105 Å². The van der Waals surface area contributed by atoms with Gasteiger partial charge in [0.05, 0.1) is 11.4 Å². The van der Waals surface area contributed by atoms with E-state index in [4.69, 9.17) is 9.97 Å². The van der Waals surface area contributed by atoms with Crippen molar-refractivity contribution in [2.75, 3.05) is 9.80 Å². The summed E-state index contributed by atoms with van der Waals surface area (Å²) in [6.07, 6.45) is 0. The summed E-state index contributed by atoms with van der Waals surface area (Å²) in [6, 6.07) is 107. The Labute approximate surface area is 585 Å². The Kier molecular flexibility index (Phi) is 15.2. The summed E-state index contributed by atoms with van der Waals surface area (Å²) in [5, 5.41) is 4.74. The molecule has 0 aliphatic carbocycles. The van der Waals surface area contributed by atoms with Gasteiger partial charge in [0.1, 0.15) is 0 Å². The second kappa shape index (κ2) is 24.0. The zero-order valence-electron chi connectivity index (χ0n) is 59.0. The molecular weight excluding hydrogens is 1200 g/mol. The average molecular weight is 1280 g/mol. The zero-order valence-corrected chi connectivity index (χ0v) is 59.0. The van der Waals surface area contributed by atoms with E-state index in [1.165, 1.54) is 60.2 Å². The molecule has 482 valence electrons. The van der Waals surface area contributed by atoms with Crippen molar-refractivity contribution in [2.45, 2.75) is 105 Å². The van der Waals surface area contributed by atoms with Crippen molar-refractivity contribution in [3.05, 3.63) is 307 Å². The molecule has 0 saturated heterocycles. The highest BCUT2D eigenvalue weighted by Gasteiger charge is 2.45. The number of anilines is 6. The quantitative estimate of drug-likeness (QED) is 0.135. The number of rotatable bonds is 9. The van der Waals surface area contributed by atoms with Gasteiger partial charge in [0, 0.05) is 50.8 Å². The van der Waals surface area contributed by atoms with Crippen molar-refractivity contribution < 1.29 is 0 Å². The Bertz CT molecular complexity index is 4960. The second-order valence-electron chi connectivity index (χ2n) is 31.6. The SMILES string of the molecule is CC(C)(C)c1cc(-c2cc(-c3cc(C(C)(C)C)cc(C(C)(C)C)c3)nc(-c3cc4c5c(c3)N(c3cc(-c6ccccc6)cc(-c6ccccc6)c3)c3cc6ccccc6cc3B5c3cc5ccccc5cc3N4c3cc(-c4ccccc4)cc(-c4ccccc4)c3)n2)cc(C(C)(C)C)c1. The number of benzene rings is 13. The van der Waals surface area contributed by atoms with Crippen molar-refractivity contribution in [3.63, 3.8) is 0 Å². The van der Waals surface area contributed by atoms with E-state index in [1.807, 2.05) is 0 Å².